The van der Waals surface area contributed by atoms with Crippen LogP contribution < -0.4 is 5.32 Å². The molecule has 2 fully saturated rings. The molecule has 0 bridgehead atoms. The number of hydrogen-bond acceptors (Lipinski definition) is 3. The van der Waals surface area contributed by atoms with E-state index >= 15 is 0 Å². The number of pyridine rings is 1. The number of rotatable bonds is 7. The first-order valence-electron chi connectivity index (χ1n) is 13.4. The Balaban J connectivity index is 1.57. The van der Waals surface area contributed by atoms with Crippen LogP contribution in [0, 0.1) is 11.8 Å². The monoisotopic (exact) mass is 515 g/mol. The van der Waals surface area contributed by atoms with Gasteiger partial charge in [0, 0.05) is 30.4 Å². The second-order valence-electron chi connectivity index (χ2n) is 10.5. The second kappa shape index (κ2) is 11.7. The van der Waals surface area contributed by atoms with Crippen molar-refractivity contribution >= 4 is 11.8 Å². The molecule has 1 saturated carbocycles. The van der Waals surface area contributed by atoms with Gasteiger partial charge in [0.15, 0.2) is 0 Å². The molecule has 2 amide bonds. The Hall–Kier alpha value is -2.90. The van der Waals surface area contributed by atoms with E-state index in [2.05, 4.69) is 10.3 Å². The van der Waals surface area contributed by atoms with E-state index in [0.717, 1.165) is 62.6 Å². The van der Waals surface area contributed by atoms with E-state index in [1.807, 2.05) is 24.8 Å². The summed E-state index contributed by atoms with van der Waals surface area (Å²) >= 11 is 0. The van der Waals surface area contributed by atoms with Crippen molar-refractivity contribution < 1.29 is 22.8 Å². The number of nitrogens with one attached hydrogen (secondary N) is 1. The molecular weight excluding hydrogens is 479 g/mol. The molecule has 37 heavy (non-hydrogen) atoms. The molecular formula is C29H36F3N3O2. The van der Waals surface area contributed by atoms with Crippen LogP contribution in [0.25, 0.3) is 11.1 Å². The normalized spacial score (nSPS) is 20.5. The summed E-state index contributed by atoms with van der Waals surface area (Å²) < 4.78 is 38.9. The lowest BCUT2D eigenvalue weighted by Crippen LogP contribution is -2.53. The Morgan fingerprint density at radius 2 is 1.73 bits per heavy atom. The van der Waals surface area contributed by atoms with Crippen molar-refractivity contribution in [2.75, 3.05) is 6.54 Å². The molecule has 1 aliphatic carbocycles. The maximum Gasteiger partial charge on any atom is 0.416 e. The summed E-state index contributed by atoms with van der Waals surface area (Å²) in [4.78, 5) is 33.0. The summed E-state index contributed by atoms with van der Waals surface area (Å²) in [6.07, 6.45) is 6.47. The standard InChI is InChI=1S/C29H36F3N3O2/c1-3-19(2)27(36)34-26(21-8-5-4-6-9-21)28(37)35-15-7-10-25(35)23-16-22(17-33-18-23)20-11-13-24(14-12-20)29(30,31)32/h11-14,16-19,21,25-26H,3-10,15H2,1-2H3,(H,34,36). The first-order valence-corrected chi connectivity index (χ1v) is 13.4. The van der Waals surface area contributed by atoms with E-state index in [0.29, 0.717) is 24.1 Å². The number of halogens is 3. The minimum Gasteiger partial charge on any atom is -0.344 e. The van der Waals surface area contributed by atoms with Crippen molar-refractivity contribution in [2.24, 2.45) is 11.8 Å². The van der Waals surface area contributed by atoms with Crippen LogP contribution in [-0.4, -0.2) is 34.3 Å². The Labute approximate surface area is 216 Å². The fourth-order valence-corrected chi connectivity index (χ4v) is 5.53. The van der Waals surface area contributed by atoms with Gasteiger partial charge < -0.3 is 10.2 Å². The Morgan fingerprint density at radius 3 is 2.38 bits per heavy atom. The molecule has 1 aromatic heterocycles. The van der Waals surface area contributed by atoms with Crippen molar-refractivity contribution in [2.45, 2.75) is 83.5 Å². The average molecular weight is 516 g/mol. The molecule has 200 valence electrons. The molecule has 1 aromatic carbocycles. The minimum atomic E-state index is -4.39. The van der Waals surface area contributed by atoms with Gasteiger partial charge in [0.1, 0.15) is 6.04 Å². The predicted octanol–water partition coefficient (Wildman–Crippen LogP) is 6.54. The van der Waals surface area contributed by atoms with E-state index < -0.39 is 17.8 Å². The van der Waals surface area contributed by atoms with E-state index in [1.165, 1.54) is 12.1 Å². The van der Waals surface area contributed by atoms with Gasteiger partial charge in [-0.3, -0.25) is 14.6 Å². The third kappa shape index (κ3) is 6.33. The van der Waals surface area contributed by atoms with Crippen molar-refractivity contribution in [3.05, 3.63) is 53.9 Å². The lowest BCUT2D eigenvalue weighted by Gasteiger charge is -2.35. The van der Waals surface area contributed by atoms with Crippen LogP contribution in [-0.2, 0) is 15.8 Å². The third-order valence-electron chi connectivity index (χ3n) is 7.97. The number of benzene rings is 1. The van der Waals surface area contributed by atoms with Crippen molar-refractivity contribution in [1.29, 1.82) is 0 Å². The quantitative estimate of drug-likeness (QED) is 0.455. The van der Waals surface area contributed by atoms with Gasteiger partial charge in [-0.2, -0.15) is 13.2 Å². The largest absolute Gasteiger partial charge is 0.416 e. The summed E-state index contributed by atoms with van der Waals surface area (Å²) in [6, 6.07) is 6.24. The number of amides is 2. The highest BCUT2D eigenvalue weighted by Crippen LogP contribution is 2.37. The summed E-state index contributed by atoms with van der Waals surface area (Å²) in [6.45, 7) is 4.46. The van der Waals surface area contributed by atoms with E-state index in [1.54, 1.807) is 12.4 Å². The summed E-state index contributed by atoms with van der Waals surface area (Å²) in [7, 11) is 0. The lowest BCUT2D eigenvalue weighted by atomic mass is 9.83. The number of alkyl halides is 3. The molecule has 2 aromatic rings. The Kier molecular flexibility index (Phi) is 8.55. The Morgan fingerprint density at radius 1 is 1.03 bits per heavy atom. The number of aromatic nitrogens is 1. The summed E-state index contributed by atoms with van der Waals surface area (Å²) in [5.41, 5.74) is 1.51. The van der Waals surface area contributed by atoms with E-state index in [9.17, 15) is 22.8 Å². The number of hydrogen-bond donors (Lipinski definition) is 1. The van der Waals surface area contributed by atoms with Crippen molar-refractivity contribution in [1.82, 2.24) is 15.2 Å². The van der Waals surface area contributed by atoms with Crippen LogP contribution in [0.5, 0.6) is 0 Å². The van der Waals surface area contributed by atoms with Crippen LogP contribution in [0.1, 0.15) is 82.4 Å². The van der Waals surface area contributed by atoms with Crippen LogP contribution >= 0.6 is 0 Å². The van der Waals surface area contributed by atoms with Gasteiger partial charge in [-0.25, -0.2) is 0 Å². The molecule has 1 N–H and O–H groups in total. The van der Waals surface area contributed by atoms with Crippen molar-refractivity contribution in [3.8, 4) is 11.1 Å². The van der Waals surface area contributed by atoms with Crippen LogP contribution in [0.3, 0.4) is 0 Å². The van der Waals surface area contributed by atoms with E-state index in [4.69, 9.17) is 0 Å². The molecule has 0 radical (unpaired) electrons. The highest BCUT2D eigenvalue weighted by atomic mass is 19.4. The number of likely N-dealkylation sites (tertiary alicyclic amines) is 1. The zero-order valence-electron chi connectivity index (χ0n) is 21.6. The number of carbonyl (C=O) groups is 2. The fraction of sp³-hybridized carbons (Fsp3) is 0.552. The van der Waals surface area contributed by atoms with Crippen LogP contribution in [0.2, 0.25) is 0 Å². The zero-order chi connectivity index (χ0) is 26.6. The zero-order valence-corrected chi connectivity index (χ0v) is 21.6. The highest BCUT2D eigenvalue weighted by Gasteiger charge is 2.39. The maximum absolute atomic E-state index is 13.9. The maximum atomic E-state index is 13.9. The molecule has 1 saturated heterocycles. The smallest absolute Gasteiger partial charge is 0.344 e. The molecule has 3 atom stereocenters. The van der Waals surface area contributed by atoms with Gasteiger partial charge in [-0.05, 0) is 67.3 Å². The fourth-order valence-electron chi connectivity index (χ4n) is 5.53. The van der Waals surface area contributed by atoms with Crippen LogP contribution in [0.15, 0.2) is 42.7 Å². The number of carbonyl (C=O) groups excluding carboxylic acids is 2. The SMILES string of the molecule is CCC(C)C(=O)NC(C(=O)N1CCCC1c1cncc(-c2ccc(C(F)(F)F)cc2)c1)C1CCCCC1. The van der Waals surface area contributed by atoms with E-state index in [-0.39, 0.29) is 29.7 Å². The predicted molar refractivity (Wildman–Crippen MR) is 136 cm³/mol. The van der Waals surface area contributed by atoms with Gasteiger partial charge >= 0.3 is 6.18 Å². The average Bonchev–Trinajstić information content (AvgIpc) is 3.41. The van der Waals surface area contributed by atoms with Crippen LogP contribution in [0.4, 0.5) is 13.2 Å². The minimum absolute atomic E-state index is 0.0361. The molecule has 8 heteroatoms. The van der Waals surface area contributed by atoms with Gasteiger partial charge in [-0.15, -0.1) is 0 Å². The third-order valence-corrected chi connectivity index (χ3v) is 7.97. The first-order chi connectivity index (χ1) is 17.7. The Bertz CT molecular complexity index is 1080. The van der Waals surface area contributed by atoms with Gasteiger partial charge in [0.2, 0.25) is 11.8 Å². The molecule has 0 spiro atoms. The molecule has 4 rings (SSSR count). The molecule has 5 nitrogen and oxygen atoms in total. The number of nitrogens with zero attached hydrogens (tertiary/aromatic N) is 2. The molecule has 2 heterocycles. The molecule has 1 aliphatic heterocycles. The summed E-state index contributed by atoms with van der Waals surface area (Å²) in [5, 5.41) is 3.10. The lowest BCUT2D eigenvalue weighted by molar-refractivity contribution is -0.140. The summed E-state index contributed by atoms with van der Waals surface area (Å²) in [5.74, 6) is -0.135. The first kappa shape index (κ1) is 27.1. The molecule has 2 aliphatic rings. The molecule has 3 unspecified atom stereocenters. The van der Waals surface area contributed by atoms with Gasteiger partial charge in [-0.1, -0.05) is 45.2 Å². The second-order valence-corrected chi connectivity index (χ2v) is 10.5. The van der Waals surface area contributed by atoms with Crippen molar-refractivity contribution in [3.63, 3.8) is 0 Å². The van der Waals surface area contributed by atoms with Gasteiger partial charge in [0.05, 0.1) is 11.6 Å². The van der Waals surface area contributed by atoms with Gasteiger partial charge in [0.25, 0.3) is 0 Å². The highest BCUT2D eigenvalue weighted by molar-refractivity contribution is 5.89. The topological polar surface area (TPSA) is 62.3 Å².